The first kappa shape index (κ1) is 20.5. The maximum atomic E-state index is 12.9. The van der Waals surface area contributed by atoms with E-state index in [0.29, 0.717) is 33.8 Å². The molecule has 7 heteroatoms. The SMILES string of the molecule is CCOC(=O)C1C(C)=NC2=C(C(=O)OC2)C1c1ccccc1NC(=O)c1ccccc1. The van der Waals surface area contributed by atoms with Gasteiger partial charge in [0.15, 0.2) is 0 Å². The molecule has 2 heterocycles. The van der Waals surface area contributed by atoms with Crippen molar-refractivity contribution in [2.24, 2.45) is 10.9 Å². The predicted octanol–water partition coefficient (Wildman–Crippen LogP) is 3.49. The van der Waals surface area contributed by atoms with Crippen molar-refractivity contribution in [1.29, 1.82) is 0 Å². The topological polar surface area (TPSA) is 94.1 Å². The second-order valence-electron chi connectivity index (χ2n) is 7.30. The summed E-state index contributed by atoms with van der Waals surface area (Å²) in [7, 11) is 0. The number of ether oxygens (including phenoxy) is 2. The number of cyclic esters (lactones) is 1. The molecule has 158 valence electrons. The maximum Gasteiger partial charge on any atom is 0.337 e. The van der Waals surface area contributed by atoms with Gasteiger partial charge in [0, 0.05) is 22.9 Å². The summed E-state index contributed by atoms with van der Waals surface area (Å²) in [4.78, 5) is 42.7. The highest BCUT2D eigenvalue weighted by Gasteiger charge is 2.46. The van der Waals surface area contributed by atoms with E-state index in [1.165, 1.54) is 0 Å². The summed E-state index contributed by atoms with van der Waals surface area (Å²) in [5.74, 6) is -2.72. The molecule has 31 heavy (non-hydrogen) atoms. The number of carbonyl (C=O) groups is 3. The van der Waals surface area contributed by atoms with Gasteiger partial charge in [0.25, 0.3) is 5.91 Å². The molecule has 0 aliphatic carbocycles. The molecular weight excluding hydrogens is 396 g/mol. The lowest BCUT2D eigenvalue weighted by atomic mass is 9.75. The van der Waals surface area contributed by atoms with E-state index in [1.54, 1.807) is 62.4 Å². The van der Waals surface area contributed by atoms with Gasteiger partial charge >= 0.3 is 11.9 Å². The lowest BCUT2D eigenvalue weighted by Crippen LogP contribution is -2.35. The number of anilines is 1. The molecule has 1 N–H and O–H groups in total. The van der Waals surface area contributed by atoms with E-state index in [9.17, 15) is 14.4 Å². The number of hydrogen-bond acceptors (Lipinski definition) is 6. The summed E-state index contributed by atoms with van der Waals surface area (Å²) in [6, 6.07) is 16.0. The van der Waals surface area contributed by atoms with E-state index in [4.69, 9.17) is 9.47 Å². The number of para-hydroxylation sites is 1. The highest BCUT2D eigenvalue weighted by molar-refractivity contribution is 6.09. The van der Waals surface area contributed by atoms with Crippen LogP contribution in [-0.2, 0) is 19.1 Å². The van der Waals surface area contributed by atoms with Crippen LogP contribution in [0.1, 0.15) is 35.7 Å². The van der Waals surface area contributed by atoms with Crippen molar-refractivity contribution in [1.82, 2.24) is 0 Å². The second kappa shape index (κ2) is 8.55. The molecule has 2 aliphatic heterocycles. The standard InChI is InChI=1S/C24H22N2O5/c1-3-30-23(28)19-14(2)25-18-13-31-24(29)21(18)20(19)16-11-7-8-12-17(16)26-22(27)15-9-5-4-6-10-15/h4-12,19-20H,3,13H2,1-2H3,(H,26,27). The van der Waals surface area contributed by atoms with Gasteiger partial charge < -0.3 is 14.8 Å². The van der Waals surface area contributed by atoms with Crippen LogP contribution in [0.5, 0.6) is 0 Å². The van der Waals surface area contributed by atoms with E-state index in [0.717, 1.165) is 0 Å². The van der Waals surface area contributed by atoms with Crippen molar-refractivity contribution in [2.75, 3.05) is 18.5 Å². The molecule has 2 aliphatic rings. The number of hydrogen-bond donors (Lipinski definition) is 1. The summed E-state index contributed by atoms with van der Waals surface area (Å²) in [6.07, 6.45) is 0. The highest BCUT2D eigenvalue weighted by atomic mass is 16.5. The third kappa shape index (κ3) is 3.86. The highest BCUT2D eigenvalue weighted by Crippen LogP contribution is 2.44. The summed E-state index contributed by atoms with van der Waals surface area (Å²) < 4.78 is 10.5. The van der Waals surface area contributed by atoms with Crippen LogP contribution in [0, 0.1) is 5.92 Å². The van der Waals surface area contributed by atoms with Crippen molar-refractivity contribution >= 4 is 29.2 Å². The van der Waals surface area contributed by atoms with Crippen molar-refractivity contribution in [3.63, 3.8) is 0 Å². The Morgan fingerprint density at radius 2 is 1.84 bits per heavy atom. The number of carbonyl (C=O) groups excluding carboxylic acids is 3. The molecule has 0 radical (unpaired) electrons. The van der Waals surface area contributed by atoms with Gasteiger partial charge in [0.2, 0.25) is 0 Å². The van der Waals surface area contributed by atoms with E-state index in [1.807, 2.05) is 6.07 Å². The number of benzene rings is 2. The van der Waals surface area contributed by atoms with Crippen LogP contribution in [0.3, 0.4) is 0 Å². The Kier molecular flexibility index (Phi) is 5.66. The fourth-order valence-corrected chi connectivity index (χ4v) is 4.04. The molecule has 0 saturated carbocycles. The fraction of sp³-hybridized carbons (Fsp3) is 0.250. The van der Waals surface area contributed by atoms with Gasteiger partial charge in [-0.05, 0) is 37.6 Å². The number of amides is 1. The van der Waals surface area contributed by atoms with Crippen LogP contribution in [0.25, 0.3) is 0 Å². The molecule has 0 aromatic heterocycles. The second-order valence-corrected chi connectivity index (χ2v) is 7.30. The van der Waals surface area contributed by atoms with Gasteiger partial charge in [-0.25, -0.2) is 4.79 Å². The van der Waals surface area contributed by atoms with E-state index < -0.39 is 23.8 Å². The van der Waals surface area contributed by atoms with Crippen LogP contribution in [-0.4, -0.2) is 36.8 Å². The Hall–Kier alpha value is -3.74. The Morgan fingerprint density at radius 1 is 1.13 bits per heavy atom. The third-order valence-corrected chi connectivity index (χ3v) is 5.40. The first-order chi connectivity index (χ1) is 15.0. The summed E-state index contributed by atoms with van der Waals surface area (Å²) in [6.45, 7) is 3.74. The molecule has 2 aromatic carbocycles. The minimum Gasteiger partial charge on any atom is -0.465 e. The molecule has 0 fully saturated rings. The Bertz CT molecular complexity index is 1100. The minimum absolute atomic E-state index is 0.0656. The normalized spacial score (nSPS) is 19.9. The largest absolute Gasteiger partial charge is 0.465 e. The minimum atomic E-state index is -0.792. The molecular formula is C24H22N2O5. The van der Waals surface area contributed by atoms with Crippen LogP contribution in [0.4, 0.5) is 5.69 Å². The van der Waals surface area contributed by atoms with Crippen molar-refractivity contribution in [3.05, 3.63) is 77.0 Å². The average Bonchev–Trinajstić information content (AvgIpc) is 3.14. The maximum absolute atomic E-state index is 12.9. The Balaban J connectivity index is 1.79. The van der Waals surface area contributed by atoms with Gasteiger partial charge in [-0.15, -0.1) is 0 Å². The number of nitrogens with one attached hydrogen (secondary N) is 1. The number of aliphatic imine (C=N–C) groups is 1. The van der Waals surface area contributed by atoms with E-state index in [-0.39, 0.29) is 19.1 Å². The number of esters is 2. The van der Waals surface area contributed by atoms with Gasteiger partial charge in [0.05, 0.1) is 17.9 Å². The summed E-state index contributed by atoms with van der Waals surface area (Å²) in [5.41, 5.74) is 3.04. The fourth-order valence-electron chi connectivity index (χ4n) is 4.04. The number of nitrogens with zero attached hydrogens (tertiary/aromatic N) is 1. The lowest BCUT2D eigenvalue weighted by molar-refractivity contribution is -0.146. The van der Waals surface area contributed by atoms with Crippen LogP contribution in [0.2, 0.25) is 0 Å². The molecule has 0 spiro atoms. The van der Waals surface area contributed by atoms with Gasteiger partial charge in [-0.3, -0.25) is 14.6 Å². The lowest BCUT2D eigenvalue weighted by Gasteiger charge is -2.30. The molecule has 0 bridgehead atoms. The van der Waals surface area contributed by atoms with Gasteiger partial charge in [-0.2, -0.15) is 0 Å². The monoisotopic (exact) mass is 418 g/mol. The van der Waals surface area contributed by atoms with E-state index in [2.05, 4.69) is 10.3 Å². The zero-order valence-electron chi connectivity index (χ0n) is 17.3. The van der Waals surface area contributed by atoms with Crippen molar-refractivity contribution in [2.45, 2.75) is 19.8 Å². The predicted molar refractivity (Wildman–Crippen MR) is 115 cm³/mol. The molecule has 2 unspecified atom stereocenters. The molecule has 7 nitrogen and oxygen atoms in total. The zero-order chi connectivity index (χ0) is 22.0. The average molecular weight is 418 g/mol. The van der Waals surface area contributed by atoms with Crippen LogP contribution < -0.4 is 5.32 Å². The molecule has 2 aromatic rings. The molecule has 0 saturated heterocycles. The van der Waals surface area contributed by atoms with Crippen molar-refractivity contribution in [3.8, 4) is 0 Å². The smallest absolute Gasteiger partial charge is 0.337 e. The molecule has 4 rings (SSSR count). The first-order valence-corrected chi connectivity index (χ1v) is 10.1. The first-order valence-electron chi connectivity index (χ1n) is 10.1. The van der Waals surface area contributed by atoms with E-state index >= 15 is 0 Å². The summed E-state index contributed by atoms with van der Waals surface area (Å²) >= 11 is 0. The van der Waals surface area contributed by atoms with Crippen LogP contribution in [0.15, 0.2) is 70.9 Å². The quantitative estimate of drug-likeness (QED) is 0.750. The van der Waals surface area contributed by atoms with Crippen molar-refractivity contribution < 1.29 is 23.9 Å². The van der Waals surface area contributed by atoms with Gasteiger partial charge in [0.1, 0.15) is 12.5 Å². The Morgan fingerprint density at radius 3 is 2.58 bits per heavy atom. The number of rotatable bonds is 5. The van der Waals surface area contributed by atoms with Crippen LogP contribution >= 0.6 is 0 Å². The summed E-state index contributed by atoms with van der Waals surface area (Å²) in [5, 5.41) is 2.92. The zero-order valence-corrected chi connectivity index (χ0v) is 17.3. The van der Waals surface area contributed by atoms with Gasteiger partial charge in [-0.1, -0.05) is 36.4 Å². The Labute approximate surface area is 179 Å². The third-order valence-electron chi connectivity index (χ3n) is 5.40. The molecule has 2 atom stereocenters. The molecule has 1 amide bonds.